The summed E-state index contributed by atoms with van der Waals surface area (Å²) in [6.45, 7) is 5.55. The molecule has 2 atom stereocenters. The van der Waals surface area contributed by atoms with Crippen LogP contribution in [-0.4, -0.2) is 46.8 Å². The lowest BCUT2D eigenvalue weighted by molar-refractivity contribution is -0.138. The van der Waals surface area contributed by atoms with Gasteiger partial charge in [0.05, 0.1) is 6.42 Å². The second-order valence-electron chi connectivity index (χ2n) is 9.21. The van der Waals surface area contributed by atoms with Crippen LogP contribution in [0, 0.1) is 0 Å². The van der Waals surface area contributed by atoms with Crippen molar-refractivity contribution >= 4 is 11.8 Å². The Balaban J connectivity index is 1.35. The van der Waals surface area contributed by atoms with Gasteiger partial charge in [0.25, 0.3) is 0 Å². The van der Waals surface area contributed by atoms with Crippen LogP contribution < -0.4 is 5.32 Å². The third-order valence-corrected chi connectivity index (χ3v) is 6.96. The maximum atomic E-state index is 13.0. The summed E-state index contributed by atoms with van der Waals surface area (Å²) in [7, 11) is 0. The number of rotatable bonds is 7. The number of likely N-dealkylation sites (tertiary alicyclic amines) is 2. The molecule has 0 aromatic heterocycles. The highest BCUT2D eigenvalue weighted by molar-refractivity contribution is 5.89. The summed E-state index contributed by atoms with van der Waals surface area (Å²) in [4.78, 5) is 30.2. The molecule has 0 radical (unpaired) electrons. The number of piperidine rings is 1. The number of nitrogens with one attached hydrogen (secondary N) is 1. The summed E-state index contributed by atoms with van der Waals surface area (Å²) >= 11 is 0. The lowest BCUT2D eigenvalue weighted by Gasteiger charge is -2.33. The molecule has 1 N–H and O–H groups in total. The van der Waals surface area contributed by atoms with Crippen LogP contribution in [0.1, 0.15) is 55.7 Å². The van der Waals surface area contributed by atoms with E-state index in [-0.39, 0.29) is 17.9 Å². The van der Waals surface area contributed by atoms with Gasteiger partial charge in [0.2, 0.25) is 11.8 Å². The molecule has 2 aliphatic rings. The van der Waals surface area contributed by atoms with Crippen LogP contribution in [0.25, 0.3) is 0 Å². The largest absolute Gasteiger partial charge is 0.350 e. The normalized spacial score (nSPS) is 21.5. The van der Waals surface area contributed by atoms with Crippen molar-refractivity contribution in [3.05, 3.63) is 71.3 Å². The van der Waals surface area contributed by atoms with E-state index in [2.05, 4.69) is 35.3 Å². The van der Waals surface area contributed by atoms with Gasteiger partial charge in [0.1, 0.15) is 6.04 Å². The Labute approximate surface area is 191 Å². The Hall–Kier alpha value is -2.66. The van der Waals surface area contributed by atoms with Crippen LogP contribution in [0.2, 0.25) is 0 Å². The smallest absolute Gasteiger partial charge is 0.243 e. The van der Waals surface area contributed by atoms with Gasteiger partial charge in [0, 0.05) is 25.7 Å². The van der Waals surface area contributed by atoms with Gasteiger partial charge in [-0.3, -0.25) is 14.5 Å². The molecule has 5 nitrogen and oxygen atoms in total. The van der Waals surface area contributed by atoms with E-state index in [1.165, 1.54) is 30.4 Å². The zero-order valence-corrected chi connectivity index (χ0v) is 19.1. The average Bonchev–Trinajstić information content (AvgIpc) is 3.31. The fourth-order valence-corrected chi connectivity index (χ4v) is 5.01. The molecule has 2 unspecified atom stereocenters. The minimum atomic E-state index is -0.361. The lowest BCUT2D eigenvalue weighted by Crippen LogP contribution is -2.46. The highest BCUT2D eigenvalue weighted by Crippen LogP contribution is 2.22. The quantitative estimate of drug-likeness (QED) is 0.720. The van der Waals surface area contributed by atoms with Gasteiger partial charge in [0.15, 0.2) is 0 Å². The minimum absolute atomic E-state index is 0.0355. The molecule has 2 fully saturated rings. The minimum Gasteiger partial charge on any atom is -0.350 e. The van der Waals surface area contributed by atoms with E-state index < -0.39 is 0 Å². The second-order valence-corrected chi connectivity index (χ2v) is 9.21. The van der Waals surface area contributed by atoms with Crippen molar-refractivity contribution in [3.8, 4) is 0 Å². The van der Waals surface area contributed by atoms with Crippen molar-refractivity contribution in [2.45, 2.75) is 70.6 Å². The highest BCUT2D eigenvalue weighted by Gasteiger charge is 2.33. The van der Waals surface area contributed by atoms with Crippen molar-refractivity contribution in [1.82, 2.24) is 15.1 Å². The first-order chi connectivity index (χ1) is 15.6. The van der Waals surface area contributed by atoms with E-state index in [1.807, 2.05) is 36.4 Å². The van der Waals surface area contributed by atoms with Crippen LogP contribution in [0.15, 0.2) is 54.6 Å². The molecule has 2 saturated heterocycles. The van der Waals surface area contributed by atoms with Gasteiger partial charge in [-0.15, -0.1) is 0 Å². The second kappa shape index (κ2) is 10.8. The predicted molar refractivity (Wildman–Crippen MR) is 127 cm³/mol. The molecule has 2 amide bonds. The number of benzene rings is 2. The Bertz CT molecular complexity index is 914. The van der Waals surface area contributed by atoms with Gasteiger partial charge >= 0.3 is 0 Å². The maximum Gasteiger partial charge on any atom is 0.243 e. The topological polar surface area (TPSA) is 52.7 Å². The van der Waals surface area contributed by atoms with Crippen LogP contribution in [0.5, 0.6) is 0 Å². The zero-order valence-electron chi connectivity index (χ0n) is 19.1. The number of hydrogen-bond acceptors (Lipinski definition) is 3. The molecule has 2 aliphatic heterocycles. The van der Waals surface area contributed by atoms with Gasteiger partial charge < -0.3 is 10.2 Å². The fraction of sp³-hybridized carbons (Fsp3) is 0.481. The lowest BCUT2D eigenvalue weighted by atomic mass is 10.0. The Morgan fingerprint density at radius 3 is 2.44 bits per heavy atom. The molecule has 32 heavy (non-hydrogen) atoms. The van der Waals surface area contributed by atoms with E-state index in [4.69, 9.17) is 0 Å². The summed E-state index contributed by atoms with van der Waals surface area (Å²) in [5, 5.41) is 3.13. The van der Waals surface area contributed by atoms with Gasteiger partial charge in [-0.25, -0.2) is 0 Å². The standard InChI is InChI=1S/C27H35N3O2/c1-21-10-7-8-16-29(21)20-24-14-6-5-13-23(24)19-28-27(32)25-15-9-17-30(25)26(31)18-22-11-3-2-4-12-22/h2-6,11-14,21,25H,7-10,15-20H2,1H3,(H,28,32). The molecule has 0 saturated carbocycles. The molecule has 2 aromatic rings. The summed E-state index contributed by atoms with van der Waals surface area (Å²) < 4.78 is 0. The molecule has 4 rings (SSSR count). The predicted octanol–water partition coefficient (Wildman–Crippen LogP) is 3.91. The van der Waals surface area contributed by atoms with Crippen molar-refractivity contribution in [3.63, 3.8) is 0 Å². The molecular weight excluding hydrogens is 398 g/mol. The van der Waals surface area contributed by atoms with E-state index in [0.29, 0.717) is 25.6 Å². The third-order valence-electron chi connectivity index (χ3n) is 6.96. The molecule has 0 spiro atoms. The SMILES string of the molecule is CC1CCCCN1Cc1ccccc1CNC(=O)C1CCCN1C(=O)Cc1ccccc1. The number of carbonyl (C=O) groups is 2. The molecule has 170 valence electrons. The zero-order chi connectivity index (χ0) is 22.3. The third kappa shape index (κ3) is 5.57. The summed E-state index contributed by atoms with van der Waals surface area (Å²) in [6.07, 6.45) is 5.80. The monoisotopic (exact) mass is 433 g/mol. The molecule has 2 heterocycles. The first kappa shape index (κ1) is 22.5. The first-order valence-corrected chi connectivity index (χ1v) is 12.0. The average molecular weight is 434 g/mol. The van der Waals surface area contributed by atoms with Gasteiger partial charge in [-0.05, 0) is 55.8 Å². The van der Waals surface area contributed by atoms with Crippen LogP contribution >= 0.6 is 0 Å². The highest BCUT2D eigenvalue weighted by atomic mass is 16.2. The Kier molecular flexibility index (Phi) is 7.59. The van der Waals surface area contributed by atoms with Gasteiger partial charge in [-0.2, -0.15) is 0 Å². The van der Waals surface area contributed by atoms with E-state index >= 15 is 0 Å². The maximum absolute atomic E-state index is 13.0. The molecular formula is C27H35N3O2. The summed E-state index contributed by atoms with van der Waals surface area (Å²) in [6, 6.07) is 18.4. The number of amides is 2. The summed E-state index contributed by atoms with van der Waals surface area (Å²) in [5.41, 5.74) is 3.44. The van der Waals surface area contributed by atoms with Crippen molar-refractivity contribution in [2.75, 3.05) is 13.1 Å². The molecule has 0 bridgehead atoms. The van der Waals surface area contributed by atoms with E-state index in [1.54, 1.807) is 4.90 Å². The van der Waals surface area contributed by atoms with Crippen LogP contribution in [0.3, 0.4) is 0 Å². The van der Waals surface area contributed by atoms with Crippen LogP contribution in [0.4, 0.5) is 0 Å². The molecule has 5 heteroatoms. The summed E-state index contributed by atoms with van der Waals surface area (Å²) in [5.74, 6) is -0.00149. The van der Waals surface area contributed by atoms with Crippen molar-refractivity contribution in [2.24, 2.45) is 0 Å². The van der Waals surface area contributed by atoms with E-state index in [9.17, 15) is 9.59 Å². The van der Waals surface area contributed by atoms with Crippen LogP contribution in [-0.2, 0) is 29.1 Å². The van der Waals surface area contributed by atoms with Crippen molar-refractivity contribution < 1.29 is 9.59 Å². The number of nitrogens with zero attached hydrogens (tertiary/aromatic N) is 2. The molecule has 0 aliphatic carbocycles. The first-order valence-electron chi connectivity index (χ1n) is 12.0. The van der Waals surface area contributed by atoms with Crippen molar-refractivity contribution in [1.29, 1.82) is 0 Å². The Morgan fingerprint density at radius 1 is 0.906 bits per heavy atom. The number of carbonyl (C=O) groups excluding carboxylic acids is 2. The molecule has 2 aromatic carbocycles. The fourth-order valence-electron chi connectivity index (χ4n) is 5.01. The van der Waals surface area contributed by atoms with Gasteiger partial charge in [-0.1, -0.05) is 61.0 Å². The van der Waals surface area contributed by atoms with E-state index in [0.717, 1.165) is 31.5 Å². The Morgan fingerprint density at radius 2 is 1.66 bits per heavy atom. The number of hydrogen-bond donors (Lipinski definition) is 1.